The Morgan fingerprint density at radius 2 is 2.50 bits per heavy atom. The molecule has 0 aromatic rings. The standard InChI is InChI=1S/C3H6N2S/c1-2-5-3-6-4/h2-3H,1,4H2. The molecule has 2 N–H and O–H groups in total. The van der Waals surface area contributed by atoms with E-state index in [1.807, 2.05) is 0 Å². The van der Waals surface area contributed by atoms with Crippen LogP contribution in [0.25, 0.3) is 0 Å². The lowest BCUT2D eigenvalue weighted by Gasteiger charge is -1.69. The molecule has 3 heteroatoms. The third kappa shape index (κ3) is 3.72. The SMILES string of the molecule is C=CN=CSN. The zero-order valence-corrected chi connectivity index (χ0v) is 4.11. The maximum Gasteiger partial charge on any atom is 0.0746 e. The molecule has 0 amide bonds. The number of hydrogen-bond donors (Lipinski definition) is 1. The topological polar surface area (TPSA) is 38.4 Å². The van der Waals surface area contributed by atoms with Crippen molar-refractivity contribution >= 4 is 17.5 Å². The summed E-state index contributed by atoms with van der Waals surface area (Å²) < 4.78 is 0. The first-order valence-corrected chi connectivity index (χ1v) is 2.34. The Labute approximate surface area is 41.3 Å². The van der Waals surface area contributed by atoms with E-state index in [1.165, 1.54) is 11.7 Å². The zero-order chi connectivity index (χ0) is 4.83. The van der Waals surface area contributed by atoms with Gasteiger partial charge in [0.1, 0.15) is 0 Å². The summed E-state index contributed by atoms with van der Waals surface area (Å²) in [5.41, 5.74) is 1.51. The van der Waals surface area contributed by atoms with Gasteiger partial charge in [-0.2, -0.15) is 0 Å². The van der Waals surface area contributed by atoms with Crippen molar-refractivity contribution in [3.63, 3.8) is 0 Å². The summed E-state index contributed by atoms with van der Waals surface area (Å²) >= 11 is 1.06. The van der Waals surface area contributed by atoms with Gasteiger partial charge >= 0.3 is 0 Å². The van der Waals surface area contributed by atoms with E-state index in [0.29, 0.717) is 0 Å². The molecule has 6 heavy (non-hydrogen) atoms. The number of nitrogens with zero attached hydrogens (tertiary/aromatic N) is 1. The second-order valence-electron chi connectivity index (χ2n) is 0.573. The molecule has 2 nitrogen and oxygen atoms in total. The van der Waals surface area contributed by atoms with Crippen LogP contribution in [0.5, 0.6) is 0 Å². The molecule has 0 heterocycles. The molecule has 34 valence electrons. The average Bonchev–Trinajstić information content (AvgIpc) is 1.61. The average molecular weight is 102 g/mol. The van der Waals surface area contributed by atoms with Crippen molar-refractivity contribution in [2.24, 2.45) is 10.1 Å². The summed E-state index contributed by atoms with van der Waals surface area (Å²) in [6.07, 6.45) is 1.43. The maximum absolute atomic E-state index is 4.93. The van der Waals surface area contributed by atoms with E-state index in [1.54, 1.807) is 0 Å². The monoisotopic (exact) mass is 102 g/mol. The summed E-state index contributed by atoms with van der Waals surface area (Å²) in [5.74, 6) is 0. The minimum absolute atomic E-state index is 1.06. The highest BCUT2D eigenvalue weighted by Gasteiger charge is 1.55. The number of aliphatic imine (C=N–C) groups is 1. The molecule has 0 aliphatic heterocycles. The molecular formula is C3H6N2S. The van der Waals surface area contributed by atoms with Gasteiger partial charge in [-0.3, -0.25) is 10.1 Å². The first-order chi connectivity index (χ1) is 2.91. The molecule has 0 aliphatic rings. The molecule has 0 saturated carbocycles. The van der Waals surface area contributed by atoms with Crippen molar-refractivity contribution in [1.82, 2.24) is 0 Å². The van der Waals surface area contributed by atoms with Crippen LogP contribution in [0, 0.1) is 0 Å². The Morgan fingerprint density at radius 1 is 1.83 bits per heavy atom. The Kier molecular flexibility index (Phi) is 4.50. The van der Waals surface area contributed by atoms with Crippen molar-refractivity contribution < 1.29 is 0 Å². The van der Waals surface area contributed by atoms with Crippen molar-refractivity contribution in [2.75, 3.05) is 0 Å². The molecule has 0 radical (unpaired) electrons. The maximum atomic E-state index is 4.93. The lowest BCUT2D eigenvalue weighted by molar-refractivity contribution is 1.64. The van der Waals surface area contributed by atoms with Crippen molar-refractivity contribution in [3.8, 4) is 0 Å². The van der Waals surface area contributed by atoms with E-state index in [-0.39, 0.29) is 0 Å². The summed E-state index contributed by atoms with van der Waals surface area (Å²) in [6, 6.07) is 0. The van der Waals surface area contributed by atoms with E-state index in [4.69, 9.17) is 5.14 Å². The van der Waals surface area contributed by atoms with Gasteiger partial charge in [0.2, 0.25) is 0 Å². The number of hydrogen-bond acceptors (Lipinski definition) is 3. The summed E-state index contributed by atoms with van der Waals surface area (Å²) in [4.78, 5) is 3.57. The van der Waals surface area contributed by atoms with Gasteiger partial charge < -0.3 is 0 Å². The summed E-state index contributed by atoms with van der Waals surface area (Å²) in [7, 11) is 0. The van der Waals surface area contributed by atoms with Crippen molar-refractivity contribution in [2.45, 2.75) is 0 Å². The van der Waals surface area contributed by atoms with Crippen LogP contribution in [0.2, 0.25) is 0 Å². The Balaban J connectivity index is 2.94. The van der Waals surface area contributed by atoms with Crippen LogP contribution < -0.4 is 5.14 Å². The van der Waals surface area contributed by atoms with Crippen LogP contribution in [0.15, 0.2) is 17.8 Å². The number of rotatable bonds is 2. The smallest absolute Gasteiger partial charge is 0.0746 e. The zero-order valence-electron chi connectivity index (χ0n) is 3.29. The minimum atomic E-state index is 1.06. The van der Waals surface area contributed by atoms with Crippen LogP contribution in [-0.2, 0) is 0 Å². The normalized spacial score (nSPS) is 9.50. The molecule has 0 atom stereocenters. The Morgan fingerprint density at radius 3 is 2.67 bits per heavy atom. The quantitative estimate of drug-likeness (QED) is 0.317. The summed E-state index contributed by atoms with van der Waals surface area (Å²) in [6.45, 7) is 3.33. The highest BCUT2D eigenvalue weighted by atomic mass is 32.2. The van der Waals surface area contributed by atoms with Gasteiger partial charge in [-0.05, 0) is 11.9 Å². The molecule has 0 rings (SSSR count). The molecule has 0 spiro atoms. The van der Waals surface area contributed by atoms with Gasteiger partial charge in [0.25, 0.3) is 0 Å². The van der Waals surface area contributed by atoms with Gasteiger partial charge in [-0.1, -0.05) is 6.58 Å². The lowest BCUT2D eigenvalue weighted by Crippen LogP contribution is -1.72. The van der Waals surface area contributed by atoms with Gasteiger partial charge in [0.05, 0.1) is 5.55 Å². The molecular weight excluding hydrogens is 96.1 g/mol. The predicted molar refractivity (Wildman–Crippen MR) is 30.5 cm³/mol. The van der Waals surface area contributed by atoms with Gasteiger partial charge in [0, 0.05) is 6.20 Å². The molecule has 0 unspecified atom stereocenters. The van der Waals surface area contributed by atoms with Crippen molar-refractivity contribution in [3.05, 3.63) is 12.8 Å². The molecule has 0 bridgehead atoms. The van der Waals surface area contributed by atoms with E-state index in [9.17, 15) is 0 Å². The van der Waals surface area contributed by atoms with Gasteiger partial charge in [-0.25, -0.2) is 0 Å². The fourth-order valence-electron chi connectivity index (χ4n) is 0.0782. The van der Waals surface area contributed by atoms with Gasteiger partial charge in [-0.15, -0.1) is 0 Å². The predicted octanol–water partition coefficient (Wildman–Crippen LogP) is 0.765. The molecule has 0 aromatic heterocycles. The van der Waals surface area contributed by atoms with Crippen molar-refractivity contribution in [1.29, 1.82) is 0 Å². The van der Waals surface area contributed by atoms with E-state index >= 15 is 0 Å². The first-order valence-electron chi connectivity index (χ1n) is 1.40. The highest BCUT2D eigenvalue weighted by Crippen LogP contribution is 1.74. The minimum Gasteiger partial charge on any atom is -0.273 e. The van der Waals surface area contributed by atoms with E-state index in [0.717, 1.165) is 11.9 Å². The summed E-state index contributed by atoms with van der Waals surface area (Å²) in [5, 5.41) is 4.93. The van der Waals surface area contributed by atoms with E-state index in [2.05, 4.69) is 11.6 Å². The largest absolute Gasteiger partial charge is 0.273 e. The molecule has 0 saturated heterocycles. The third-order valence-corrected chi connectivity index (χ3v) is 0.471. The van der Waals surface area contributed by atoms with Crippen LogP contribution in [0.4, 0.5) is 0 Å². The first kappa shape index (κ1) is 5.72. The van der Waals surface area contributed by atoms with E-state index < -0.39 is 0 Å². The third-order valence-electron chi connectivity index (χ3n) is 0.227. The highest BCUT2D eigenvalue weighted by molar-refractivity contribution is 8.10. The fraction of sp³-hybridized carbons (Fsp3) is 0. The molecule has 0 aromatic carbocycles. The second-order valence-corrected chi connectivity index (χ2v) is 1.06. The second kappa shape index (κ2) is 4.72. The number of nitrogens with two attached hydrogens (primary N) is 1. The Hall–Kier alpha value is -0.280. The fourth-order valence-corrected chi connectivity index (χ4v) is 0.235. The molecule has 0 fully saturated rings. The van der Waals surface area contributed by atoms with Crippen LogP contribution in [-0.4, -0.2) is 5.55 Å². The van der Waals surface area contributed by atoms with Crippen LogP contribution in [0.1, 0.15) is 0 Å². The van der Waals surface area contributed by atoms with Gasteiger partial charge in [0.15, 0.2) is 0 Å². The van der Waals surface area contributed by atoms with Crippen LogP contribution >= 0.6 is 11.9 Å². The van der Waals surface area contributed by atoms with Crippen LogP contribution in [0.3, 0.4) is 0 Å². The lowest BCUT2D eigenvalue weighted by atomic mass is 11.1. The molecule has 0 aliphatic carbocycles. The Bertz CT molecular complexity index is 59.8.